The van der Waals surface area contributed by atoms with Crippen molar-refractivity contribution < 1.29 is 27.2 Å². The number of hydrogen-bond acceptors (Lipinski definition) is 6. The van der Waals surface area contributed by atoms with Crippen LogP contribution in [0.5, 0.6) is 0 Å². The van der Waals surface area contributed by atoms with Gasteiger partial charge in [0.2, 0.25) is 5.78 Å². The van der Waals surface area contributed by atoms with Gasteiger partial charge in [0.15, 0.2) is 7.05 Å². The van der Waals surface area contributed by atoms with Crippen molar-refractivity contribution in [3.8, 4) is 6.07 Å². The number of aryl methyl sites for hydroxylation is 2. The molecule has 0 aliphatic carbocycles. The average molecular weight is 359 g/mol. The zero-order chi connectivity index (χ0) is 18.1. The Balaban J connectivity index is 2.34. The summed E-state index contributed by atoms with van der Waals surface area (Å²) in [5.41, 5.74) is -2.89. The van der Waals surface area contributed by atoms with Gasteiger partial charge in [-0.3, -0.25) is 9.32 Å². The topological polar surface area (TPSA) is 104 Å². The number of rotatable bonds is 4. The lowest BCUT2D eigenvalue weighted by Gasteiger charge is -2.12. The molecule has 0 unspecified atom stereocenters. The van der Waals surface area contributed by atoms with Crippen molar-refractivity contribution in [3.63, 3.8) is 0 Å². The Morgan fingerprint density at radius 1 is 1.54 bits per heavy atom. The van der Waals surface area contributed by atoms with Gasteiger partial charge in [-0.15, -0.1) is 0 Å². The van der Waals surface area contributed by atoms with Crippen molar-refractivity contribution >= 4 is 17.5 Å². The molecule has 0 amide bonds. The predicted molar refractivity (Wildman–Crippen MR) is 74.3 cm³/mol. The van der Waals surface area contributed by atoms with Crippen LogP contribution in [0.4, 0.5) is 13.2 Å². The number of nitrogens with zero attached hydrogens (tertiary/aromatic N) is 3. The maximum Gasteiger partial charge on any atom is 0.438 e. The Morgan fingerprint density at radius 3 is 2.71 bits per heavy atom. The van der Waals surface area contributed by atoms with E-state index in [4.69, 9.17) is 5.26 Å². The molecule has 0 saturated heterocycles. The molecule has 0 radical (unpaired) electrons. The van der Waals surface area contributed by atoms with E-state index in [9.17, 15) is 22.8 Å². The number of thioether (sulfide) groups is 1. The molecule has 11 heteroatoms. The van der Waals surface area contributed by atoms with Crippen molar-refractivity contribution in [3.05, 3.63) is 39.0 Å². The Kier molecular flexibility index (Phi) is 4.79. The molecule has 2 aromatic rings. The molecular formula is C13H10F3N4O3S+. The van der Waals surface area contributed by atoms with Crippen LogP contribution < -0.4 is 10.3 Å². The number of hydrogen-bond donors (Lipinski definition) is 1. The van der Waals surface area contributed by atoms with Crippen molar-refractivity contribution in [1.82, 2.24) is 10.3 Å². The highest BCUT2D eigenvalue weighted by Crippen LogP contribution is 2.35. The van der Waals surface area contributed by atoms with Crippen LogP contribution in [0.3, 0.4) is 0 Å². The summed E-state index contributed by atoms with van der Waals surface area (Å²) in [7, 11) is 1.37. The normalized spacial score (nSPS) is 11.3. The average Bonchev–Trinajstić information content (AvgIpc) is 2.82. The number of aromatic amines is 1. The molecule has 126 valence electrons. The second-order valence-corrected chi connectivity index (χ2v) is 5.67. The van der Waals surface area contributed by atoms with Gasteiger partial charge in [0.05, 0.1) is 16.9 Å². The highest BCUT2D eigenvalue weighted by Gasteiger charge is 2.36. The van der Waals surface area contributed by atoms with E-state index >= 15 is 0 Å². The molecule has 0 atom stereocenters. The van der Waals surface area contributed by atoms with Crippen LogP contribution >= 0.6 is 11.8 Å². The summed E-state index contributed by atoms with van der Waals surface area (Å²) in [6, 6.07) is 2.24. The first kappa shape index (κ1) is 17.7. The highest BCUT2D eigenvalue weighted by molar-refractivity contribution is 8.00. The number of ketones is 1. The molecule has 0 spiro atoms. The summed E-state index contributed by atoms with van der Waals surface area (Å²) in [4.78, 5) is 27.3. The van der Waals surface area contributed by atoms with Crippen molar-refractivity contribution in [2.24, 2.45) is 7.05 Å². The van der Waals surface area contributed by atoms with Gasteiger partial charge in [-0.25, -0.2) is 9.78 Å². The Labute approximate surface area is 137 Å². The molecule has 24 heavy (non-hydrogen) atoms. The fraction of sp³-hybridized carbons (Fsp3) is 0.308. The lowest BCUT2D eigenvalue weighted by atomic mass is 10.1. The Bertz CT molecular complexity index is 895. The molecule has 2 aromatic heterocycles. The number of pyridine rings is 1. The summed E-state index contributed by atoms with van der Waals surface area (Å²) < 4.78 is 44.5. The van der Waals surface area contributed by atoms with Crippen molar-refractivity contribution in [1.29, 1.82) is 5.26 Å². The zero-order valence-electron chi connectivity index (χ0n) is 12.4. The molecule has 0 saturated carbocycles. The first-order chi connectivity index (χ1) is 11.1. The van der Waals surface area contributed by atoms with Crippen LogP contribution in [0.1, 0.15) is 27.3 Å². The predicted octanol–water partition coefficient (Wildman–Crippen LogP) is 1.36. The standard InChI is InChI=1S/C13H9F3N4O3S/c1-6-3-8(13(14,15)16)7(4-17)11(18-6)24-5-9(21)10-12(22)23-19-20(10)2/h3H,5H2,1-2H3/p+1. The summed E-state index contributed by atoms with van der Waals surface area (Å²) in [5, 5.41) is 11.0. The van der Waals surface area contributed by atoms with Gasteiger partial charge < -0.3 is 0 Å². The number of nitrogens with one attached hydrogen (secondary N) is 1. The number of aromatic nitrogens is 3. The summed E-state index contributed by atoms with van der Waals surface area (Å²) in [6.07, 6.45) is -4.72. The molecule has 7 nitrogen and oxygen atoms in total. The minimum absolute atomic E-state index is 0.0583. The minimum atomic E-state index is -4.72. The van der Waals surface area contributed by atoms with Gasteiger partial charge in [-0.2, -0.15) is 18.4 Å². The monoisotopic (exact) mass is 359 g/mol. The number of nitriles is 1. The van der Waals surface area contributed by atoms with Gasteiger partial charge >= 0.3 is 17.5 Å². The molecule has 0 aromatic carbocycles. The first-order valence-corrected chi connectivity index (χ1v) is 7.36. The molecular weight excluding hydrogens is 349 g/mol. The molecule has 1 N–H and O–H groups in total. The number of carbonyl (C=O) groups is 1. The molecule has 0 aliphatic heterocycles. The van der Waals surface area contributed by atoms with Crippen LogP contribution in [0.2, 0.25) is 0 Å². The van der Waals surface area contributed by atoms with Gasteiger partial charge in [0, 0.05) is 5.69 Å². The SMILES string of the molecule is Cc1cc(C(F)(F)F)c(C#N)c(SCC(=O)c2c(=O)o[nH][n+]2C)n1. The largest absolute Gasteiger partial charge is 0.438 e. The Morgan fingerprint density at radius 2 is 2.21 bits per heavy atom. The number of alkyl halides is 3. The van der Waals surface area contributed by atoms with Crippen LogP contribution in [-0.2, 0) is 13.2 Å². The van der Waals surface area contributed by atoms with E-state index in [-0.39, 0.29) is 22.2 Å². The zero-order valence-corrected chi connectivity index (χ0v) is 13.2. The van der Waals surface area contributed by atoms with Gasteiger partial charge in [0.1, 0.15) is 11.1 Å². The lowest BCUT2D eigenvalue weighted by molar-refractivity contribution is -0.741. The number of halogens is 3. The smallest absolute Gasteiger partial charge is 0.286 e. The number of Topliss-reactive ketones (excluding diaryl/α,β-unsaturated/α-hetero) is 1. The van der Waals surface area contributed by atoms with Gasteiger partial charge in [0.25, 0.3) is 0 Å². The molecule has 0 bridgehead atoms. The van der Waals surface area contributed by atoms with Crippen molar-refractivity contribution in [2.75, 3.05) is 5.75 Å². The Hall–Kier alpha value is -2.61. The third-order valence-electron chi connectivity index (χ3n) is 2.94. The van der Waals surface area contributed by atoms with E-state index in [1.165, 1.54) is 20.0 Å². The van der Waals surface area contributed by atoms with Crippen LogP contribution in [0.25, 0.3) is 0 Å². The van der Waals surface area contributed by atoms with E-state index in [1.807, 2.05) is 0 Å². The van der Waals surface area contributed by atoms with Crippen molar-refractivity contribution in [2.45, 2.75) is 18.1 Å². The van der Waals surface area contributed by atoms with Gasteiger partial charge in [-0.1, -0.05) is 16.4 Å². The number of H-pyrrole nitrogens is 1. The second kappa shape index (κ2) is 6.48. The highest BCUT2D eigenvalue weighted by atomic mass is 32.2. The van der Waals surface area contributed by atoms with E-state index in [2.05, 4.69) is 14.8 Å². The summed E-state index contributed by atoms with van der Waals surface area (Å²) >= 11 is 0.649. The minimum Gasteiger partial charge on any atom is -0.286 e. The van der Waals surface area contributed by atoms with E-state index < -0.39 is 28.7 Å². The first-order valence-electron chi connectivity index (χ1n) is 6.37. The van der Waals surface area contributed by atoms with E-state index in [0.717, 1.165) is 10.7 Å². The van der Waals surface area contributed by atoms with E-state index in [1.54, 1.807) is 0 Å². The van der Waals surface area contributed by atoms with Crippen LogP contribution in [0, 0.1) is 18.3 Å². The van der Waals surface area contributed by atoms with Gasteiger partial charge in [-0.05, 0) is 18.3 Å². The van der Waals surface area contributed by atoms with E-state index in [0.29, 0.717) is 11.8 Å². The van der Waals surface area contributed by atoms with Crippen LogP contribution in [-0.4, -0.2) is 21.8 Å². The fourth-order valence-corrected chi connectivity index (χ4v) is 2.84. The summed E-state index contributed by atoms with van der Waals surface area (Å²) in [5.74, 6) is -1.04. The molecule has 2 heterocycles. The molecule has 0 aliphatic rings. The fourth-order valence-electron chi connectivity index (χ4n) is 1.92. The lowest BCUT2D eigenvalue weighted by Crippen LogP contribution is -2.39. The quantitative estimate of drug-likeness (QED) is 0.502. The maximum atomic E-state index is 13.0. The maximum absolute atomic E-state index is 13.0. The third-order valence-corrected chi connectivity index (χ3v) is 3.92. The molecule has 2 rings (SSSR count). The number of carbonyl (C=O) groups excluding carboxylic acids is 1. The summed E-state index contributed by atoms with van der Waals surface area (Å²) in [6.45, 7) is 1.35. The third kappa shape index (κ3) is 3.48. The molecule has 0 fully saturated rings. The second-order valence-electron chi connectivity index (χ2n) is 4.70. The van der Waals surface area contributed by atoms with Crippen LogP contribution in [0.15, 0.2) is 20.4 Å².